The van der Waals surface area contributed by atoms with E-state index in [0.29, 0.717) is 33.9 Å². The summed E-state index contributed by atoms with van der Waals surface area (Å²) < 4.78 is 3.15. The summed E-state index contributed by atoms with van der Waals surface area (Å²) >= 11 is 0. The van der Waals surface area contributed by atoms with E-state index in [1.165, 1.54) is 0 Å². The summed E-state index contributed by atoms with van der Waals surface area (Å²) in [4.78, 5) is 29.3. The van der Waals surface area contributed by atoms with Crippen molar-refractivity contribution in [3.63, 3.8) is 0 Å². The predicted octanol–water partition coefficient (Wildman–Crippen LogP) is 7.47. The molecule has 0 atom stereocenters. The van der Waals surface area contributed by atoms with Crippen LogP contribution in [0.5, 0.6) is 0 Å². The van der Waals surface area contributed by atoms with Gasteiger partial charge in [0.15, 0.2) is 0 Å². The molecular weight excluding hydrogens is 544 g/mol. The fraction of sp³-hybridized carbons (Fsp3) is 0.0526. The van der Waals surface area contributed by atoms with Crippen LogP contribution in [0.15, 0.2) is 155 Å². The molecule has 0 fully saturated rings. The molecule has 0 aliphatic carbocycles. The van der Waals surface area contributed by atoms with Crippen molar-refractivity contribution in [3.8, 4) is 33.9 Å². The third kappa shape index (κ3) is 4.82. The first-order chi connectivity index (χ1) is 21.6. The minimum Gasteiger partial charge on any atom is -0.290 e. The Labute approximate surface area is 254 Å². The maximum atomic E-state index is 14.7. The number of hydrogen-bond acceptors (Lipinski definition) is 2. The molecule has 0 spiro atoms. The van der Waals surface area contributed by atoms with Gasteiger partial charge in [0.1, 0.15) is 0 Å². The van der Waals surface area contributed by atoms with Crippen LogP contribution in [-0.2, 0) is 0 Å². The maximum Gasteiger partial charge on any atom is 0.276 e. The van der Waals surface area contributed by atoms with Crippen molar-refractivity contribution < 1.29 is 0 Å². The highest BCUT2D eigenvalue weighted by atomic mass is 16.1. The molecular formula is C38H30N4O2. The summed E-state index contributed by atoms with van der Waals surface area (Å²) in [6.45, 7) is 2.03. The molecule has 0 aliphatic rings. The molecule has 2 N–H and O–H groups in total. The molecule has 7 aromatic rings. The fourth-order valence-corrected chi connectivity index (χ4v) is 5.84. The van der Waals surface area contributed by atoms with Gasteiger partial charge < -0.3 is 0 Å². The number of aromatic amines is 2. The third-order valence-electron chi connectivity index (χ3n) is 7.99. The molecule has 6 nitrogen and oxygen atoms in total. The van der Waals surface area contributed by atoms with Gasteiger partial charge in [-0.05, 0) is 47.9 Å². The van der Waals surface area contributed by atoms with Gasteiger partial charge in [-0.1, -0.05) is 127 Å². The monoisotopic (exact) mass is 574 g/mol. The number of para-hydroxylation sites is 2. The van der Waals surface area contributed by atoms with Crippen LogP contribution in [0, 0.1) is 6.92 Å². The largest absolute Gasteiger partial charge is 0.290 e. The highest BCUT2D eigenvalue weighted by Gasteiger charge is 2.33. The molecule has 214 valence electrons. The molecule has 0 radical (unpaired) electrons. The highest BCUT2D eigenvalue weighted by Crippen LogP contribution is 2.38. The first-order valence-corrected chi connectivity index (χ1v) is 14.6. The molecule has 2 aromatic heterocycles. The Bertz CT molecular complexity index is 2010. The van der Waals surface area contributed by atoms with Crippen LogP contribution < -0.4 is 11.1 Å². The Hall–Kier alpha value is -5.88. The van der Waals surface area contributed by atoms with Crippen molar-refractivity contribution >= 4 is 0 Å². The molecule has 0 bridgehead atoms. The molecule has 6 heteroatoms. The second kappa shape index (κ2) is 11.4. The normalized spacial score (nSPS) is 11.2. The molecule has 0 saturated carbocycles. The fourth-order valence-electron chi connectivity index (χ4n) is 5.84. The van der Waals surface area contributed by atoms with Crippen LogP contribution in [0.4, 0.5) is 0 Å². The van der Waals surface area contributed by atoms with Crippen molar-refractivity contribution in [2.24, 2.45) is 0 Å². The van der Waals surface area contributed by atoms with Crippen molar-refractivity contribution in [2.45, 2.75) is 12.8 Å². The van der Waals surface area contributed by atoms with Gasteiger partial charge in [0.05, 0.1) is 33.9 Å². The topological polar surface area (TPSA) is 75.6 Å². The molecule has 0 aliphatic heterocycles. The van der Waals surface area contributed by atoms with Gasteiger partial charge in [-0.25, -0.2) is 9.36 Å². The quantitative estimate of drug-likeness (QED) is 0.207. The van der Waals surface area contributed by atoms with E-state index in [0.717, 1.165) is 22.3 Å². The van der Waals surface area contributed by atoms with Gasteiger partial charge in [0.25, 0.3) is 11.1 Å². The zero-order valence-corrected chi connectivity index (χ0v) is 24.1. The molecule has 2 heterocycles. The number of rotatable bonds is 7. The number of aromatic nitrogens is 4. The summed E-state index contributed by atoms with van der Waals surface area (Å²) in [5, 5.41) is 6.83. The number of hydrogen-bond donors (Lipinski definition) is 2. The Balaban J connectivity index is 1.60. The lowest BCUT2D eigenvalue weighted by Gasteiger charge is -2.18. The van der Waals surface area contributed by atoms with E-state index in [4.69, 9.17) is 0 Å². The molecule has 5 aromatic carbocycles. The van der Waals surface area contributed by atoms with Gasteiger partial charge in [-0.3, -0.25) is 19.8 Å². The van der Waals surface area contributed by atoms with Crippen molar-refractivity contribution in [2.75, 3.05) is 0 Å². The second-order valence-corrected chi connectivity index (χ2v) is 10.8. The average molecular weight is 575 g/mol. The predicted molar refractivity (Wildman–Crippen MR) is 176 cm³/mol. The maximum absolute atomic E-state index is 14.7. The second-order valence-electron chi connectivity index (χ2n) is 10.8. The van der Waals surface area contributed by atoms with Gasteiger partial charge in [0.2, 0.25) is 0 Å². The van der Waals surface area contributed by atoms with Crippen LogP contribution in [0.2, 0.25) is 0 Å². The molecule has 0 saturated heterocycles. The minimum absolute atomic E-state index is 0.216. The summed E-state index contributed by atoms with van der Waals surface area (Å²) in [6, 6.07) is 46.7. The first-order valence-electron chi connectivity index (χ1n) is 14.6. The number of aryl methyl sites for hydroxylation is 1. The molecule has 0 unspecified atom stereocenters. The van der Waals surface area contributed by atoms with Crippen LogP contribution in [-0.4, -0.2) is 19.6 Å². The van der Waals surface area contributed by atoms with Crippen molar-refractivity contribution in [1.82, 2.24) is 19.6 Å². The average Bonchev–Trinajstić information content (AvgIpc) is 3.61. The van der Waals surface area contributed by atoms with Crippen molar-refractivity contribution in [1.29, 1.82) is 0 Å². The van der Waals surface area contributed by atoms with Crippen LogP contribution in [0.1, 0.15) is 28.2 Å². The number of nitrogens with zero attached hydrogens (tertiary/aromatic N) is 2. The van der Waals surface area contributed by atoms with Gasteiger partial charge in [-0.15, -0.1) is 0 Å². The third-order valence-corrected chi connectivity index (χ3v) is 7.99. The zero-order valence-electron chi connectivity index (χ0n) is 24.1. The lowest BCUT2D eigenvalue weighted by Crippen LogP contribution is -2.25. The van der Waals surface area contributed by atoms with E-state index < -0.39 is 5.92 Å². The SMILES string of the molecule is Cc1ccc(C(c2c(-c3ccccc3)[nH]n(-c3ccccc3)c2=O)c2c(-c3ccccc3)[nH]n(-c3ccccc3)c2=O)cc1. The smallest absolute Gasteiger partial charge is 0.276 e. The summed E-state index contributed by atoms with van der Waals surface area (Å²) in [6.07, 6.45) is 0. The number of benzene rings is 5. The lowest BCUT2D eigenvalue weighted by molar-refractivity contribution is 0.837. The van der Waals surface area contributed by atoms with E-state index in [1.807, 2.05) is 153 Å². The summed E-state index contributed by atoms with van der Waals surface area (Å²) in [5.41, 5.74) is 6.95. The number of nitrogens with one attached hydrogen (secondary N) is 2. The lowest BCUT2D eigenvalue weighted by atomic mass is 9.83. The Morgan fingerprint density at radius 1 is 0.477 bits per heavy atom. The highest BCUT2D eigenvalue weighted by molar-refractivity contribution is 5.71. The van der Waals surface area contributed by atoms with E-state index in [9.17, 15) is 9.59 Å². The summed E-state index contributed by atoms with van der Waals surface area (Å²) in [5.74, 6) is -0.691. The Morgan fingerprint density at radius 3 is 1.23 bits per heavy atom. The van der Waals surface area contributed by atoms with Gasteiger partial charge >= 0.3 is 0 Å². The van der Waals surface area contributed by atoms with E-state index >= 15 is 0 Å². The standard InChI is InChI=1S/C38H30N4O2/c1-26-22-24-27(25-23-26)32(33-35(28-14-6-2-7-15-28)39-41(37(33)43)30-18-10-4-11-19-30)34-36(29-16-8-3-9-17-29)40-42(38(34)44)31-20-12-5-13-21-31/h2-25,32,39-40H,1H3. The van der Waals surface area contributed by atoms with E-state index in [2.05, 4.69) is 10.2 Å². The molecule has 7 rings (SSSR count). The summed E-state index contributed by atoms with van der Waals surface area (Å²) in [7, 11) is 0. The van der Waals surface area contributed by atoms with Crippen LogP contribution >= 0.6 is 0 Å². The van der Waals surface area contributed by atoms with Gasteiger partial charge in [0, 0.05) is 5.92 Å². The van der Waals surface area contributed by atoms with Gasteiger partial charge in [-0.2, -0.15) is 0 Å². The Kier molecular flexibility index (Phi) is 7.00. The molecule has 0 amide bonds. The first kappa shape index (κ1) is 27.0. The van der Waals surface area contributed by atoms with E-state index in [1.54, 1.807) is 9.36 Å². The molecule has 44 heavy (non-hydrogen) atoms. The number of H-pyrrole nitrogens is 2. The van der Waals surface area contributed by atoms with E-state index in [-0.39, 0.29) is 11.1 Å². The van der Waals surface area contributed by atoms with Crippen LogP contribution in [0.25, 0.3) is 33.9 Å². The van der Waals surface area contributed by atoms with Crippen molar-refractivity contribution in [3.05, 3.63) is 189 Å². The zero-order chi connectivity index (χ0) is 30.0. The Morgan fingerprint density at radius 2 is 0.841 bits per heavy atom. The minimum atomic E-state index is -0.691. The van der Waals surface area contributed by atoms with Crippen LogP contribution in [0.3, 0.4) is 0 Å².